The van der Waals surface area contributed by atoms with Crippen LogP contribution in [0.2, 0.25) is 0 Å². The lowest BCUT2D eigenvalue weighted by molar-refractivity contribution is 0.799. The predicted octanol–water partition coefficient (Wildman–Crippen LogP) is 1.66. The Morgan fingerprint density at radius 1 is 1.47 bits per heavy atom. The van der Waals surface area contributed by atoms with E-state index in [1.54, 1.807) is 10.9 Å². The second kappa shape index (κ2) is 5.24. The van der Waals surface area contributed by atoms with E-state index in [4.69, 9.17) is 5.84 Å². The minimum Gasteiger partial charge on any atom is -0.308 e. The molecule has 2 aromatic heterocycles. The van der Waals surface area contributed by atoms with Gasteiger partial charge in [-0.1, -0.05) is 13.3 Å². The van der Waals surface area contributed by atoms with Gasteiger partial charge in [-0.15, -0.1) is 0 Å². The summed E-state index contributed by atoms with van der Waals surface area (Å²) in [6.07, 6.45) is 6.86. The van der Waals surface area contributed by atoms with Crippen molar-refractivity contribution >= 4 is 21.7 Å². The summed E-state index contributed by atoms with van der Waals surface area (Å²) in [6.45, 7) is 2.09. The molecular weight excluding hydrogens is 284 g/mol. The van der Waals surface area contributed by atoms with E-state index in [9.17, 15) is 0 Å². The zero-order chi connectivity index (χ0) is 12.3. The molecule has 0 fully saturated rings. The molecule has 90 valence electrons. The van der Waals surface area contributed by atoms with E-state index >= 15 is 0 Å². The molecule has 0 aliphatic carbocycles. The Balaban J connectivity index is 2.52. The second-order valence-corrected chi connectivity index (χ2v) is 4.44. The number of hydrogen-bond acceptors (Lipinski definition) is 5. The fourth-order valence-electron chi connectivity index (χ4n) is 1.62. The SMILES string of the molecule is CCCc1c(NN)ncnc1-n1cc(Br)cn1. The molecule has 2 rings (SSSR count). The Kier molecular flexibility index (Phi) is 3.70. The van der Waals surface area contributed by atoms with Crippen LogP contribution in [0, 0.1) is 0 Å². The molecule has 6 nitrogen and oxygen atoms in total. The standard InChI is InChI=1S/C10H13BrN6/c1-2-3-8-9(16-12)13-6-14-10(8)17-5-7(11)4-15-17/h4-6H,2-3,12H2,1H3,(H,13,14,16). The Morgan fingerprint density at radius 3 is 2.88 bits per heavy atom. The van der Waals surface area contributed by atoms with Crippen LogP contribution in [0.4, 0.5) is 5.82 Å². The van der Waals surface area contributed by atoms with Gasteiger partial charge in [0.25, 0.3) is 0 Å². The van der Waals surface area contributed by atoms with Crippen molar-refractivity contribution in [1.29, 1.82) is 0 Å². The molecule has 3 N–H and O–H groups in total. The first kappa shape index (κ1) is 12.0. The summed E-state index contributed by atoms with van der Waals surface area (Å²) in [5.41, 5.74) is 3.56. The van der Waals surface area contributed by atoms with Crippen LogP contribution in [0.1, 0.15) is 18.9 Å². The van der Waals surface area contributed by atoms with Crippen LogP contribution in [-0.4, -0.2) is 19.7 Å². The van der Waals surface area contributed by atoms with Gasteiger partial charge in [0.05, 0.1) is 10.7 Å². The number of nitrogens with one attached hydrogen (secondary N) is 1. The van der Waals surface area contributed by atoms with Crippen molar-refractivity contribution in [1.82, 2.24) is 19.7 Å². The first-order valence-corrected chi connectivity index (χ1v) is 6.06. The maximum Gasteiger partial charge on any atom is 0.162 e. The highest BCUT2D eigenvalue weighted by molar-refractivity contribution is 9.10. The van der Waals surface area contributed by atoms with Crippen molar-refractivity contribution in [3.63, 3.8) is 0 Å². The summed E-state index contributed by atoms with van der Waals surface area (Å²) in [6, 6.07) is 0. The van der Waals surface area contributed by atoms with Gasteiger partial charge in [0, 0.05) is 11.8 Å². The molecule has 0 unspecified atom stereocenters. The average molecular weight is 297 g/mol. The molecule has 0 spiro atoms. The molecule has 2 heterocycles. The summed E-state index contributed by atoms with van der Waals surface area (Å²) < 4.78 is 2.61. The number of aromatic nitrogens is 4. The van der Waals surface area contributed by atoms with Crippen molar-refractivity contribution in [2.24, 2.45) is 5.84 Å². The summed E-state index contributed by atoms with van der Waals surface area (Å²) >= 11 is 3.36. The molecule has 7 heteroatoms. The van der Waals surface area contributed by atoms with E-state index < -0.39 is 0 Å². The van der Waals surface area contributed by atoms with Crippen LogP contribution in [0.5, 0.6) is 0 Å². The molecule has 0 bridgehead atoms. The van der Waals surface area contributed by atoms with E-state index in [1.165, 1.54) is 6.33 Å². The summed E-state index contributed by atoms with van der Waals surface area (Å²) in [4.78, 5) is 8.37. The number of anilines is 1. The van der Waals surface area contributed by atoms with Gasteiger partial charge in [0.2, 0.25) is 0 Å². The number of nitrogen functional groups attached to an aromatic ring is 1. The largest absolute Gasteiger partial charge is 0.308 e. The molecular formula is C10H13BrN6. The molecule has 0 amide bonds. The van der Waals surface area contributed by atoms with Gasteiger partial charge in [-0.2, -0.15) is 5.10 Å². The molecule has 17 heavy (non-hydrogen) atoms. The van der Waals surface area contributed by atoms with Crippen molar-refractivity contribution in [2.75, 3.05) is 5.43 Å². The molecule has 0 saturated heterocycles. The molecule has 0 radical (unpaired) electrons. The minimum atomic E-state index is 0.642. The fourth-order valence-corrected chi connectivity index (χ4v) is 1.91. The highest BCUT2D eigenvalue weighted by atomic mass is 79.9. The van der Waals surface area contributed by atoms with Crippen LogP contribution in [0.3, 0.4) is 0 Å². The van der Waals surface area contributed by atoms with E-state index in [0.29, 0.717) is 5.82 Å². The van der Waals surface area contributed by atoms with E-state index in [2.05, 4.69) is 43.3 Å². The summed E-state index contributed by atoms with van der Waals surface area (Å²) in [5.74, 6) is 6.85. The normalized spacial score (nSPS) is 10.5. The maximum absolute atomic E-state index is 5.45. The number of nitrogens with two attached hydrogens (primary N) is 1. The first-order valence-electron chi connectivity index (χ1n) is 5.27. The van der Waals surface area contributed by atoms with Crippen molar-refractivity contribution in [3.05, 3.63) is 28.8 Å². The number of hydrogen-bond donors (Lipinski definition) is 2. The van der Waals surface area contributed by atoms with Crippen LogP contribution < -0.4 is 11.3 Å². The lowest BCUT2D eigenvalue weighted by Gasteiger charge is -2.11. The third-order valence-corrected chi connectivity index (χ3v) is 2.74. The quantitative estimate of drug-likeness (QED) is 0.662. The van der Waals surface area contributed by atoms with Gasteiger partial charge in [0.1, 0.15) is 12.1 Å². The van der Waals surface area contributed by atoms with Gasteiger partial charge < -0.3 is 5.43 Å². The van der Waals surface area contributed by atoms with Crippen LogP contribution in [0.25, 0.3) is 5.82 Å². The highest BCUT2D eigenvalue weighted by Crippen LogP contribution is 2.20. The van der Waals surface area contributed by atoms with Gasteiger partial charge in [0.15, 0.2) is 5.82 Å². The number of nitrogens with zero attached hydrogens (tertiary/aromatic N) is 4. The Morgan fingerprint density at radius 2 is 2.29 bits per heavy atom. The van der Waals surface area contributed by atoms with Crippen LogP contribution in [0.15, 0.2) is 23.2 Å². The molecule has 0 aromatic carbocycles. The van der Waals surface area contributed by atoms with E-state index in [0.717, 1.165) is 28.7 Å². The molecule has 0 aliphatic heterocycles. The van der Waals surface area contributed by atoms with E-state index in [-0.39, 0.29) is 0 Å². The van der Waals surface area contributed by atoms with Crippen LogP contribution in [-0.2, 0) is 6.42 Å². The number of halogens is 1. The molecule has 0 saturated carbocycles. The molecule has 2 aromatic rings. The van der Waals surface area contributed by atoms with Crippen LogP contribution >= 0.6 is 15.9 Å². The third-order valence-electron chi connectivity index (χ3n) is 2.33. The lowest BCUT2D eigenvalue weighted by atomic mass is 10.1. The van der Waals surface area contributed by atoms with Gasteiger partial charge in [-0.05, 0) is 22.4 Å². The Hall–Kier alpha value is -1.47. The van der Waals surface area contributed by atoms with Crippen molar-refractivity contribution in [3.8, 4) is 5.82 Å². The van der Waals surface area contributed by atoms with Gasteiger partial charge in [-0.3, -0.25) is 0 Å². The lowest BCUT2D eigenvalue weighted by Crippen LogP contribution is -2.14. The van der Waals surface area contributed by atoms with Crippen molar-refractivity contribution < 1.29 is 0 Å². The third kappa shape index (κ3) is 2.45. The smallest absolute Gasteiger partial charge is 0.162 e. The van der Waals surface area contributed by atoms with Gasteiger partial charge >= 0.3 is 0 Å². The topological polar surface area (TPSA) is 81.6 Å². The summed E-state index contributed by atoms with van der Waals surface area (Å²) in [7, 11) is 0. The Bertz CT molecular complexity index is 509. The molecule has 0 aliphatic rings. The minimum absolute atomic E-state index is 0.642. The van der Waals surface area contributed by atoms with E-state index in [1.807, 2.05) is 6.20 Å². The highest BCUT2D eigenvalue weighted by Gasteiger charge is 2.12. The first-order chi connectivity index (χ1) is 8.26. The fraction of sp³-hybridized carbons (Fsp3) is 0.300. The zero-order valence-corrected chi connectivity index (χ0v) is 11.0. The predicted molar refractivity (Wildman–Crippen MR) is 68.7 cm³/mol. The monoisotopic (exact) mass is 296 g/mol. The number of hydrazine groups is 1. The average Bonchev–Trinajstić information content (AvgIpc) is 2.76. The van der Waals surface area contributed by atoms with Crippen molar-refractivity contribution in [2.45, 2.75) is 19.8 Å². The zero-order valence-electron chi connectivity index (χ0n) is 9.39. The molecule has 0 atom stereocenters. The Labute approximate surface area is 107 Å². The van der Waals surface area contributed by atoms with Gasteiger partial charge in [-0.25, -0.2) is 20.5 Å². The maximum atomic E-state index is 5.45. The number of rotatable bonds is 4. The second-order valence-electron chi connectivity index (χ2n) is 3.52. The summed E-state index contributed by atoms with van der Waals surface area (Å²) in [5, 5.41) is 4.22.